The van der Waals surface area contributed by atoms with Gasteiger partial charge in [0.15, 0.2) is 11.5 Å². The Morgan fingerprint density at radius 2 is 1.85 bits per heavy atom. The second-order valence-electron chi connectivity index (χ2n) is 5.51. The van der Waals surface area contributed by atoms with E-state index in [9.17, 15) is 0 Å². The average molecular weight is 278 g/mol. The molecule has 1 aliphatic heterocycles. The van der Waals surface area contributed by atoms with E-state index in [-0.39, 0.29) is 6.04 Å². The van der Waals surface area contributed by atoms with E-state index in [4.69, 9.17) is 15.2 Å². The Morgan fingerprint density at radius 1 is 1.20 bits per heavy atom. The first kappa shape index (κ1) is 15.1. The summed E-state index contributed by atoms with van der Waals surface area (Å²) >= 11 is 0. The number of hydrogen-bond acceptors (Lipinski definition) is 4. The molecule has 1 atom stereocenters. The van der Waals surface area contributed by atoms with E-state index in [0.717, 1.165) is 50.4 Å². The molecule has 0 spiro atoms. The van der Waals surface area contributed by atoms with Crippen molar-refractivity contribution in [2.24, 2.45) is 5.73 Å². The molecule has 4 nitrogen and oxygen atoms in total. The Labute approximate surface area is 121 Å². The predicted molar refractivity (Wildman–Crippen MR) is 81.4 cm³/mol. The standard InChI is InChI=1S/C16H26N2O2/c1-4-5-14(17)11-18-7-6-12-8-15(19-2)16(20-3)9-13(12)10-18/h8-9,14H,4-7,10-11,17H2,1-3H3. The number of nitrogens with zero attached hydrogens (tertiary/aromatic N) is 1. The molecule has 0 saturated heterocycles. The minimum absolute atomic E-state index is 0.279. The van der Waals surface area contributed by atoms with E-state index in [1.54, 1.807) is 14.2 Å². The van der Waals surface area contributed by atoms with Crippen molar-refractivity contribution >= 4 is 0 Å². The number of ether oxygens (including phenoxy) is 2. The quantitative estimate of drug-likeness (QED) is 0.866. The summed E-state index contributed by atoms with van der Waals surface area (Å²) in [5.41, 5.74) is 8.85. The molecule has 1 heterocycles. The maximum atomic E-state index is 6.15. The van der Waals surface area contributed by atoms with Gasteiger partial charge in [0.1, 0.15) is 0 Å². The van der Waals surface area contributed by atoms with Crippen LogP contribution >= 0.6 is 0 Å². The van der Waals surface area contributed by atoms with E-state index in [0.29, 0.717) is 0 Å². The third-order valence-corrected chi connectivity index (χ3v) is 3.95. The normalized spacial score (nSPS) is 16.6. The van der Waals surface area contributed by atoms with Gasteiger partial charge in [-0.05, 0) is 36.1 Å². The van der Waals surface area contributed by atoms with Crippen LogP contribution in [0.2, 0.25) is 0 Å². The number of methoxy groups -OCH3 is 2. The zero-order valence-electron chi connectivity index (χ0n) is 12.8. The van der Waals surface area contributed by atoms with E-state index in [2.05, 4.69) is 24.0 Å². The van der Waals surface area contributed by atoms with Crippen LogP contribution in [0, 0.1) is 0 Å². The van der Waals surface area contributed by atoms with Crippen LogP contribution in [0.5, 0.6) is 11.5 Å². The highest BCUT2D eigenvalue weighted by Gasteiger charge is 2.20. The molecule has 0 amide bonds. The average Bonchev–Trinajstić information content (AvgIpc) is 2.45. The summed E-state index contributed by atoms with van der Waals surface area (Å²) in [6.07, 6.45) is 3.29. The van der Waals surface area contributed by atoms with E-state index in [1.165, 1.54) is 11.1 Å². The SMILES string of the molecule is CCCC(N)CN1CCc2cc(OC)c(OC)cc2C1. The number of fused-ring (bicyclic) bond motifs is 1. The van der Waals surface area contributed by atoms with Crippen LogP contribution in [0.4, 0.5) is 0 Å². The van der Waals surface area contributed by atoms with Crippen LogP contribution in [0.3, 0.4) is 0 Å². The van der Waals surface area contributed by atoms with Gasteiger partial charge >= 0.3 is 0 Å². The molecule has 0 aliphatic carbocycles. The van der Waals surface area contributed by atoms with Crippen LogP contribution in [-0.4, -0.2) is 38.3 Å². The van der Waals surface area contributed by atoms with Crippen LogP contribution < -0.4 is 15.2 Å². The minimum Gasteiger partial charge on any atom is -0.493 e. The molecule has 4 heteroatoms. The van der Waals surface area contributed by atoms with Crippen LogP contribution in [0.1, 0.15) is 30.9 Å². The van der Waals surface area contributed by atoms with Gasteiger partial charge in [-0.15, -0.1) is 0 Å². The number of hydrogen-bond donors (Lipinski definition) is 1. The first-order chi connectivity index (χ1) is 9.67. The first-order valence-corrected chi connectivity index (χ1v) is 7.39. The fourth-order valence-electron chi connectivity index (χ4n) is 2.89. The summed E-state index contributed by atoms with van der Waals surface area (Å²) < 4.78 is 10.8. The number of nitrogens with two attached hydrogens (primary N) is 1. The van der Waals surface area contributed by atoms with E-state index >= 15 is 0 Å². The third-order valence-electron chi connectivity index (χ3n) is 3.95. The van der Waals surface area contributed by atoms with Gasteiger partial charge in [0.25, 0.3) is 0 Å². The van der Waals surface area contributed by atoms with Gasteiger partial charge in [0.2, 0.25) is 0 Å². The Morgan fingerprint density at radius 3 is 2.45 bits per heavy atom. The van der Waals surface area contributed by atoms with Crippen LogP contribution in [0.15, 0.2) is 12.1 Å². The monoisotopic (exact) mass is 278 g/mol. The zero-order valence-corrected chi connectivity index (χ0v) is 12.8. The van der Waals surface area contributed by atoms with Gasteiger partial charge in [-0.25, -0.2) is 0 Å². The van der Waals surface area contributed by atoms with Crippen molar-refractivity contribution in [3.8, 4) is 11.5 Å². The fourth-order valence-corrected chi connectivity index (χ4v) is 2.89. The van der Waals surface area contributed by atoms with Crippen molar-refractivity contribution in [1.29, 1.82) is 0 Å². The van der Waals surface area contributed by atoms with Crippen LogP contribution in [0.25, 0.3) is 0 Å². The molecule has 1 aromatic rings. The molecule has 1 aromatic carbocycles. The molecule has 20 heavy (non-hydrogen) atoms. The Bertz CT molecular complexity index is 448. The molecule has 1 aliphatic rings. The third kappa shape index (κ3) is 3.44. The summed E-state index contributed by atoms with van der Waals surface area (Å²) in [4.78, 5) is 2.44. The minimum atomic E-state index is 0.279. The molecule has 0 fully saturated rings. The van der Waals surface area contributed by atoms with Gasteiger partial charge < -0.3 is 15.2 Å². The van der Waals surface area contributed by atoms with Crippen molar-refractivity contribution in [1.82, 2.24) is 4.90 Å². The second kappa shape index (κ2) is 6.95. The number of rotatable bonds is 6. The van der Waals surface area contributed by atoms with Crippen molar-refractivity contribution < 1.29 is 9.47 Å². The molecule has 0 aromatic heterocycles. The topological polar surface area (TPSA) is 47.7 Å². The second-order valence-corrected chi connectivity index (χ2v) is 5.51. The summed E-state index contributed by atoms with van der Waals surface area (Å²) in [7, 11) is 3.37. The van der Waals surface area contributed by atoms with Crippen molar-refractivity contribution in [2.75, 3.05) is 27.3 Å². The molecule has 0 saturated carbocycles. The lowest BCUT2D eigenvalue weighted by Crippen LogP contribution is -2.40. The fraction of sp³-hybridized carbons (Fsp3) is 0.625. The lowest BCUT2D eigenvalue weighted by Gasteiger charge is -2.31. The number of benzene rings is 1. The zero-order chi connectivity index (χ0) is 14.5. The Balaban J connectivity index is 2.09. The summed E-state index contributed by atoms with van der Waals surface area (Å²) in [5.74, 6) is 1.63. The lowest BCUT2D eigenvalue weighted by molar-refractivity contribution is 0.233. The van der Waals surface area contributed by atoms with Gasteiger partial charge in [-0.2, -0.15) is 0 Å². The molecule has 0 bridgehead atoms. The van der Waals surface area contributed by atoms with Crippen LogP contribution in [-0.2, 0) is 13.0 Å². The highest BCUT2D eigenvalue weighted by Crippen LogP contribution is 2.33. The van der Waals surface area contributed by atoms with E-state index in [1.807, 2.05) is 0 Å². The van der Waals surface area contributed by atoms with Crippen molar-refractivity contribution in [2.45, 2.75) is 38.8 Å². The molecule has 0 radical (unpaired) electrons. The summed E-state index contributed by atoms with van der Waals surface area (Å²) in [5, 5.41) is 0. The highest BCUT2D eigenvalue weighted by molar-refractivity contribution is 5.48. The molecule has 1 unspecified atom stereocenters. The van der Waals surface area contributed by atoms with Crippen molar-refractivity contribution in [3.63, 3.8) is 0 Å². The van der Waals surface area contributed by atoms with E-state index < -0.39 is 0 Å². The Hall–Kier alpha value is -1.26. The predicted octanol–water partition coefficient (Wildman–Crippen LogP) is 2.19. The molecular weight excluding hydrogens is 252 g/mol. The first-order valence-electron chi connectivity index (χ1n) is 7.39. The maximum Gasteiger partial charge on any atom is 0.161 e. The van der Waals surface area contributed by atoms with Gasteiger partial charge in [0.05, 0.1) is 14.2 Å². The molecule has 2 rings (SSSR count). The largest absolute Gasteiger partial charge is 0.493 e. The molecule has 112 valence electrons. The maximum absolute atomic E-state index is 6.15. The highest BCUT2D eigenvalue weighted by atomic mass is 16.5. The van der Waals surface area contributed by atoms with Gasteiger partial charge in [0, 0.05) is 25.7 Å². The van der Waals surface area contributed by atoms with Gasteiger partial charge in [-0.1, -0.05) is 13.3 Å². The smallest absolute Gasteiger partial charge is 0.161 e. The Kier molecular flexibility index (Phi) is 5.26. The lowest BCUT2D eigenvalue weighted by atomic mass is 9.98. The summed E-state index contributed by atoms with van der Waals surface area (Å²) in [6.45, 7) is 5.18. The molecule has 2 N–H and O–H groups in total. The summed E-state index contributed by atoms with van der Waals surface area (Å²) in [6, 6.07) is 4.49. The van der Waals surface area contributed by atoms with Crippen molar-refractivity contribution in [3.05, 3.63) is 23.3 Å². The molecular formula is C16H26N2O2. The van der Waals surface area contributed by atoms with Gasteiger partial charge in [-0.3, -0.25) is 4.90 Å².